The van der Waals surface area contributed by atoms with Gasteiger partial charge in [-0.3, -0.25) is 4.79 Å². The van der Waals surface area contributed by atoms with Crippen LogP contribution in [0.15, 0.2) is 84.9 Å². The summed E-state index contributed by atoms with van der Waals surface area (Å²) in [4.78, 5) is 16.5. The molecule has 2 N–H and O–H groups in total. The van der Waals surface area contributed by atoms with Crippen molar-refractivity contribution in [1.29, 1.82) is 0 Å². The van der Waals surface area contributed by atoms with E-state index in [-0.39, 0.29) is 18.6 Å². The average molecular weight is 412 g/mol. The Morgan fingerprint density at radius 2 is 1.84 bits per heavy atom. The standard InChI is InChI=1S/C26H25N3O2/c1-27-25(31)15-14-20-10-7-11-21(16-20)26-28-23-12-5-6-13-24(23)29(26)22(18-30)17-19-8-3-2-4-9-19/h2-16,22,30H,17-18H2,1H3,(H,27,31)/b15-14+/t22-/m0/s1. The van der Waals surface area contributed by atoms with Gasteiger partial charge in [-0.2, -0.15) is 0 Å². The number of aliphatic hydroxyl groups excluding tert-OH is 1. The lowest BCUT2D eigenvalue weighted by Gasteiger charge is -2.20. The van der Waals surface area contributed by atoms with E-state index in [1.807, 2.05) is 66.7 Å². The Labute approximate surface area is 181 Å². The SMILES string of the molecule is CNC(=O)/C=C/c1cccc(-c2nc3ccccc3n2[C@H](CO)Cc2ccccc2)c1. The van der Waals surface area contributed by atoms with Gasteiger partial charge in [0.2, 0.25) is 5.91 Å². The summed E-state index contributed by atoms with van der Waals surface area (Å²) in [6, 6.07) is 25.9. The van der Waals surface area contributed by atoms with E-state index in [9.17, 15) is 9.90 Å². The van der Waals surface area contributed by atoms with Crippen LogP contribution in [-0.4, -0.2) is 34.2 Å². The summed E-state index contributed by atoms with van der Waals surface area (Å²) in [5, 5.41) is 12.9. The van der Waals surface area contributed by atoms with Crippen LogP contribution in [0, 0.1) is 0 Å². The van der Waals surface area contributed by atoms with Gasteiger partial charge in [0.05, 0.1) is 23.7 Å². The Kier molecular flexibility index (Phi) is 6.24. The molecule has 0 aliphatic rings. The van der Waals surface area contributed by atoms with Gasteiger partial charge in [-0.15, -0.1) is 0 Å². The maximum absolute atomic E-state index is 11.6. The van der Waals surface area contributed by atoms with E-state index in [4.69, 9.17) is 4.98 Å². The summed E-state index contributed by atoms with van der Waals surface area (Å²) in [5.41, 5.74) is 4.87. The quantitative estimate of drug-likeness (QED) is 0.447. The average Bonchev–Trinajstić information content (AvgIpc) is 3.21. The monoisotopic (exact) mass is 411 g/mol. The first-order chi connectivity index (χ1) is 15.2. The highest BCUT2D eigenvalue weighted by Gasteiger charge is 2.20. The van der Waals surface area contributed by atoms with Crippen molar-refractivity contribution in [3.63, 3.8) is 0 Å². The molecule has 0 saturated carbocycles. The number of rotatable bonds is 7. The maximum Gasteiger partial charge on any atom is 0.243 e. The Bertz CT molecular complexity index is 1210. The number of likely N-dealkylation sites (N-methyl/N-ethyl adjacent to an activating group) is 1. The predicted molar refractivity (Wildman–Crippen MR) is 125 cm³/mol. The summed E-state index contributed by atoms with van der Waals surface area (Å²) in [7, 11) is 1.60. The van der Waals surface area contributed by atoms with Crippen LogP contribution in [0.3, 0.4) is 0 Å². The van der Waals surface area contributed by atoms with Crippen LogP contribution < -0.4 is 5.32 Å². The molecule has 0 aliphatic heterocycles. The molecule has 4 aromatic rings. The molecule has 0 saturated heterocycles. The van der Waals surface area contributed by atoms with Gasteiger partial charge in [0.15, 0.2) is 0 Å². The zero-order valence-electron chi connectivity index (χ0n) is 17.4. The fourth-order valence-corrected chi connectivity index (χ4v) is 3.78. The van der Waals surface area contributed by atoms with Crippen molar-refractivity contribution in [2.45, 2.75) is 12.5 Å². The first kappa shape index (κ1) is 20.6. The van der Waals surface area contributed by atoms with Gasteiger partial charge >= 0.3 is 0 Å². The van der Waals surface area contributed by atoms with E-state index in [2.05, 4.69) is 22.0 Å². The lowest BCUT2D eigenvalue weighted by atomic mass is 10.0. The Hall–Kier alpha value is -3.70. The molecule has 1 atom stereocenters. The zero-order valence-corrected chi connectivity index (χ0v) is 17.4. The summed E-state index contributed by atoms with van der Waals surface area (Å²) >= 11 is 0. The minimum atomic E-state index is -0.158. The summed E-state index contributed by atoms with van der Waals surface area (Å²) in [6.07, 6.45) is 3.98. The molecule has 31 heavy (non-hydrogen) atoms. The number of nitrogens with zero attached hydrogens (tertiary/aromatic N) is 2. The molecular formula is C26H25N3O2. The first-order valence-corrected chi connectivity index (χ1v) is 10.3. The number of amides is 1. The van der Waals surface area contributed by atoms with Gasteiger partial charge in [0, 0.05) is 18.7 Å². The van der Waals surface area contributed by atoms with Crippen molar-refractivity contribution in [3.05, 3.63) is 96.1 Å². The summed E-state index contributed by atoms with van der Waals surface area (Å²) in [5.74, 6) is 0.646. The molecule has 1 heterocycles. The molecule has 156 valence electrons. The minimum absolute atomic E-state index is 0.00147. The number of aliphatic hydroxyl groups is 1. The van der Waals surface area contributed by atoms with E-state index >= 15 is 0 Å². The summed E-state index contributed by atoms with van der Waals surface area (Å²) < 4.78 is 2.13. The molecule has 5 nitrogen and oxygen atoms in total. The number of carbonyl (C=O) groups is 1. The van der Waals surface area contributed by atoms with Gasteiger partial charge in [0.25, 0.3) is 0 Å². The molecule has 0 unspecified atom stereocenters. The Balaban J connectivity index is 1.80. The van der Waals surface area contributed by atoms with Crippen molar-refractivity contribution < 1.29 is 9.90 Å². The van der Waals surface area contributed by atoms with Crippen LogP contribution in [0.25, 0.3) is 28.5 Å². The van der Waals surface area contributed by atoms with Crippen molar-refractivity contribution in [2.24, 2.45) is 0 Å². The molecule has 1 amide bonds. The van der Waals surface area contributed by atoms with Crippen molar-refractivity contribution in [2.75, 3.05) is 13.7 Å². The second-order valence-electron chi connectivity index (χ2n) is 7.39. The molecule has 0 bridgehead atoms. The third-order valence-corrected chi connectivity index (χ3v) is 5.30. The highest BCUT2D eigenvalue weighted by molar-refractivity contribution is 5.91. The van der Waals surface area contributed by atoms with Gasteiger partial charge in [0.1, 0.15) is 5.82 Å². The smallest absolute Gasteiger partial charge is 0.243 e. The number of carbonyl (C=O) groups excluding carboxylic acids is 1. The molecule has 0 fully saturated rings. The molecular weight excluding hydrogens is 386 g/mol. The number of benzene rings is 3. The van der Waals surface area contributed by atoms with E-state index in [1.54, 1.807) is 13.1 Å². The van der Waals surface area contributed by atoms with Crippen LogP contribution in [0.5, 0.6) is 0 Å². The van der Waals surface area contributed by atoms with Crippen molar-refractivity contribution in [1.82, 2.24) is 14.9 Å². The minimum Gasteiger partial charge on any atom is -0.394 e. The number of hydrogen-bond acceptors (Lipinski definition) is 3. The number of hydrogen-bond donors (Lipinski definition) is 2. The topological polar surface area (TPSA) is 67.2 Å². The van der Waals surface area contributed by atoms with Gasteiger partial charge in [-0.1, -0.05) is 60.7 Å². The summed E-state index contributed by atoms with van der Waals surface area (Å²) in [6.45, 7) is -0.00147. The highest BCUT2D eigenvalue weighted by atomic mass is 16.3. The second-order valence-corrected chi connectivity index (χ2v) is 7.39. The van der Waals surface area contributed by atoms with Crippen molar-refractivity contribution in [3.8, 4) is 11.4 Å². The number of imidazole rings is 1. The second kappa shape index (κ2) is 9.41. The van der Waals surface area contributed by atoms with Crippen LogP contribution >= 0.6 is 0 Å². The predicted octanol–water partition coefficient (Wildman–Crippen LogP) is 4.24. The number of aromatic nitrogens is 2. The molecule has 1 aromatic heterocycles. The Morgan fingerprint density at radius 1 is 1.06 bits per heavy atom. The number of nitrogens with one attached hydrogen (secondary N) is 1. The molecule has 0 aliphatic carbocycles. The highest BCUT2D eigenvalue weighted by Crippen LogP contribution is 2.30. The first-order valence-electron chi connectivity index (χ1n) is 10.3. The molecule has 3 aromatic carbocycles. The third kappa shape index (κ3) is 4.57. The Morgan fingerprint density at radius 3 is 2.61 bits per heavy atom. The molecule has 0 radical (unpaired) electrons. The van der Waals surface area contributed by atoms with Crippen molar-refractivity contribution >= 4 is 23.0 Å². The van der Waals surface area contributed by atoms with Crippen LogP contribution in [0.2, 0.25) is 0 Å². The van der Waals surface area contributed by atoms with Crippen LogP contribution in [0.1, 0.15) is 17.2 Å². The lowest BCUT2D eigenvalue weighted by molar-refractivity contribution is -0.115. The van der Waals surface area contributed by atoms with Crippen LogP contribution in [-0.2, 0) is 11.2 Å². The number of fused-ring (bicyclic) bond motifs is 1. The fraction of sp³-hybridized carbons (Fsp3) is 0.154. The number of para-hydroxylation sites is 2. The van der Waals surface area contributed by atoms with E-state index in [0.29, 0.717) is 6.42 Å². The van der Waals surface area contributed by atoms with E-state index < -0.39 is 0 Å². The normalized spacial score (nSPS) is 12.3. The fourth-order valence-electron chi connectivity index (χ4n) is 3.78. The van der Waals surface area contributed by atoms with E-state index in [1.165, 1.54) is 6.08 Å². The maximum atomic E-state index is 11.6. The van der Waals surface area contributed by atoms with Gasteiger partial charge in [-0.05, 0) is 41.8 Å². The van der Waals surface area contributed by atoms with Gasteiger partial charge in [-0.25, -0.2) is 4.98 Å². The van der Waals surface area contributed by atoms with Gasteiger partial charge < -0.3 is 15.0 Å². The third-order valence-electron chi connectivity index (χ3n) is 5.30. The molecule has 5 heteroatoms. The molecule has 4 rings (SSSR count). The van der Waals surface area contributed by atoms with E-state index in [0.717, 1.165) is 33.5 Å². The van der Waals surface area contributed by atoms with Crippen LogP contribution in [0.4, 0.5) is 0 Å². The largest absolute Gasteiger partial charge is 0.394 e. The zero-order chi connectivity index (χ0) is 21.6. The molecule has 0 spiro atoms. The lowest BCUT2D eigenvalue weighted by Crippen LogP contribution is -2.17.